The third-order valence-electron chi connectivity index (χ3n) is 7.82. The minimum absolute atomic E-state index is 0.00176. The van der Waals surface area contributed by atoms with Crippen LogP contribution >= 0.6 is 11.3 Å². The average Bonchev–Trinajstić information content (AvgIpc) is 4.02. The maximum atomic E-state index is 12.7. The quantitative estimate of drug-likeness (QED) is 0.206. The minimum atomic E-state index is -0.517. The number of benzene rings is 1. The van der Waals surface area contributed by atoms with Gasteiger partial charge in [0.15, 0.2) is 4.96 Å². The van der Waals surface area contributed by atoms with E-state index in [9.17, 15) is 19.2 Å². The Morgan fingerprint density at radius 2 is 1.56 bits per heavy atom. The van der Waals surface area contributed by atoms with Crippen LogP contribution in [0.2, 0.25) is 0 Å². The Morgan fingerprint density at radius 1 is 0.982 bits per heavy atom. The first-order valence-corrected chi connectivity index (χ1v) is 19.0. The van der Waals surface area contributed by atoms with Crippen LogP contribution in [0.15, 0.2) is 36.7 Å². The molecule has 0 saturated carbocycles. The van der Waals surface area contributed by atoms with Gasteiger partial charge in [0, 0.05) is 52.8 Å². The number of ether oxygens (including phenoxy) is 2. The van der Waals surface area contributed by atoms with Gasteiger partial charge in [-0.2, -0.15) is 0 Å². The van der Waals surface area contributed by atoms with E-state index in [2.05, 4.69) is 63.4 Å². The van der Waals surface area contributed by atoms with Gasteiger partial charge in [-0.05, 0) is 56.3 Å². The highest BCUT2D eigenvalue weighted by molar-refractivity contribution is 7.20. The molecule has 0 radical (unpaired) electrons. The summed E-state index contributed by atoms with van der Waals surface area (Å²) in [6, 6.07) is 7.08. The summed E-state index contributed by atoms with van der Waals surface area (Å²) in [5.41, 5.74) is 1.71. The number of fused-ring (bicyclic) bond motifs is 1. The minimum Gasteiger partial charge on any atom is -0.471 e. The van der Waals surface area contributed by atoms with Gasteiger partial charge in [0.2, 0.25) is 24.1 Å². The highest BCUT2D eigenvalue weighted by Crippen LogP contribution is 2.30. The van der Waals surface area contributed by atoms with E-state index in [1.54, 1.807) is 25.6 Å². The summed E-state index contributed by atoms with van der Waals surface area (Å²) in [4.78, 5) is 74.1. The Labute approximate surface area is 329 Å². The van der Waals surface area contributed by atoms with E-state index in [4.69, 9.17) is 9.59 Å². The highest BCUT2D eigenvalue weighted by Gasteiger charge is 2.34. The topological polar surface area (TPSA) is 193 Å². The van der Waals surface area contributed by atoms with Crippen molar-refractivity contribution in [2.75, 3.05) is 72.2 Å². The zero-order valence-corrected chi connectivity index (χ0v) is 34.7. The number of anilines is 2. The van der Waals surface area contributed by atoms with Gasteiger partial charge in [-0.3, -0.25) is 28.4 Å². The van der Waals surface area contributed by atoms with Crippen LogP contribution in [0.25, 0.3) is 15.4 Å². The molecule has 0 spiro atoms. The van der Waals surface area contributed by atoms with Crippen molar-refractivity contribution in [1.29, 1.82) is 0 Å². The van der Waals surface area contributed by atoms with Gasteiger partial charge in [0.25, 0.3) is 6.47 Å². The van der Waals surface area contributed by atoms with Crippen LogP contribution in [0, 0.1) is 5.92 Å². The molecule has 308 valence electrons. The van der Waals surface area contributed by atoms with Crippen LogP contribution in [0.3, 0.4) is 0 Å². The molecule has 2 unspecified atom stereocenters. The van der Waals surface area contributed by atoms with Gasteiger partial charge in [-0.15, -0.1) is 0 Å². The largest absolute Gasteiger partial charge is 0.471 e. The number of carbonyl (C=O) groups excluding carboxylic acids is 6. The molecule has 4 heterocycles. The zero-order valence-electron chi connectivity index (χ0n) is 33.9. The molecule has 16 nitrogen and oxygen atoms in total. The number of hydrogen-bond donors (Lipinski definition) is 4. The summed E-state index contributed by atoms with van der Waals surface area (Å²) in [6.45, 7) is 13.1. The summed E-state index contributed by atoms with van der Waals surface area (Å²) in [6.07, 6.45) is 9.40. The Kier molecular flexibility index (Phi) is 26.9. The van der Waals surface area contributed by atoms with E-state index in [1.807, 2.05) is 66.8 Å². The van der Waals surface area contributed by atoms with Crippen molar-refractivity contribution in [2.24, 2.45) is 5.92 Å². The van der Waals surface area contributed by atoms with Crippen molar-refractivity contribution < 1.29 is 38.2 Å². The molecular formula is C38H62N8O8S. The van der Waals surface area contributed by atoms with Gasteiger partial charge in [0.1, 0.15) is 18.6 Å². The number of nitrogens with one attached hydrogen (secondary N) is 4. The number of aromatic nitrogens is 2. The standard InChI is InChI=1S/C20H22N6O3S.C10H20N2O.C3H8.C2H4O2.C2H6O.CH2O/c1-21-17-11-25-10-16(30-20(25)24-17)13-4-6-14(7-5-13)23-19(29)15-3-2-8-26(15)18(28)9-22-12-27;1-8(2)9(11-3)10(13)12-6-4-5-7-12;1-3-2;1-4-2-3;1-3-2;1-2/h4-7,10-12,15,21H,2-3,8-9H2,1H3,(H,22,27)(H,23,29);8-9,11H,4-7H2,1-3H3;3H2,1-2H3;2H,1H3;1-2H3;1H2. The highest BCUT2D eigenvalue weighted by atomic mass is 32.1. The van der Waals surface area contributed by atoms with Crippen LogP contribution in [0.1, 0.15) is 59.8 Å². The Balaban J connectivity index is 0.000000963. The molecule has 5 rings (SSSR count). The maximum absolute atomic E-state index is 12.7. The van der Waals surface area contributed by atoms with Crippen LogP contribution in [-0.4, -0.2) is 130 Å². The van der Waals surface area contributed by atoms with Crippen molar-refractivity contribution in [1.82, 2.24) is 29.8 Å². The Bertz CT molecular complexity index is 1490. The fourth-order valence-electron chi connectivity index (χ4n) is 5.44. The monoisotopic (exact) mass is 790 g/mol. The molecule has 1 aromatic carbocycles. The summed E-state index contributed by atoms with van der Waals surface area (Å²) >= 11 is 1.59. The predicted molar refractivity (Wildman–Crippen MR) is 218 cm³/mol. The van der Waals surface area contributed by atoms with E-state index >= 15 is 0 Å². The van der Waals surface area contributed by atoms with Crippen molar-refractivity contribution >= 4 is 65.2 Å². The molecule has 2 aromatic heterocycles. The molecule has 17 heteroatoms. The number of thiazole rings is 1. The van der Waals surface area contributed by atoms with Crippen molar-refractivity contribution in [3.8, 4) is 10.4 Å². The molecule has 4 amide bonds. The van der Waals surface area contributed by atoms with Gasteiger partial charge < -0.3 is 45.3 Å². The molecule has 4 N–H and O–H groups in total. The number of amides is 4. The first-order chi connectivity index (χ1) is 26.5. The average molecular weight is 791 g/mol. The molecule has 2 saturated heterocycles. The van der Waals surface area contributed by atoms with Crippen LogP contribution in [-0.2, 0) is 38.2 Å². The molecule has 2 aliphatic heterocycles. The number of nitrogens with zero attached hydrogens (tertiary/aromatic N) is 4. The second kappa shape index (κ2) is 29.5. The molecule has 2 aliphatic rings. The molecular weight excluding hydrogens is 729 g/mol. The molecule has 2 atom stereocenters. The number of rotatable bonds is 11. The van der Waals surface area contributed by atoms with E-state index in [0.717, 1.165) is 40.7 Å². The fraction of sp³-hybridized carbons (Fsp3) is 0.553. The summed E-state index contributed by atoms with van der Waals surface area (Å²) in [5.74, 6) is 1.01. The lowest BCUT2D eigenvalue weighted by Crippen LogP contribution is -2.47. The first-order valence-electron chi connectivity index (χ1n) is 18.2. The molecule has 0 bridgehead atoms. The molecule has 0 aliphatic carbocycles. The smallest absolute Gasteiger partial charge is 0.292 e. The maximum Gasteiger partial charge on any atom is 0.292 e. The van der Waals surface area contributed by atoms with Gasteiger partial charge in [-0.25, -0.2) is 4.98 Å². The summed E-state index contributed by atoms with van der Waals surface area (Å²) in [5, 5.41) is 11.4. The molecule has 2 fully saturated rings. The van der Waals surface area contributed by atoms with Crippen LogP contribution in [0.5, 0.6) is 0 Å². The summed E-state index contributed by atoms with van der Waals surface area (Å²) in [7, 11) is 8.26. The van der Waals surface area contributed by atoms with Crippen molar-refractivity contribution in [3.63, 3.8) is 0 Å². The number of likely N-dealkylation sites (tertiary alicyclic amines) is 2. The Morgan fingerprint density at radius 3 is 2.04 bits per heavy atom. The number of likely N-dealkylation sites (N-methyl/N-ethyl adjacent to an activating group) is 1. The predicted octanol–water partition coefficient (Wildman–Crippen LogP) is 3.92. The second-order valence-corrected chi connectivity index (χ2v) is 13.5. The SMILES string of the molecule is C=O.CCC.CNC(C(=O)N1CCCC1)C(C)C.CNc1cn2cc(-c3ccc(NC(=O)C4CCCN4C(=O)CNC=O)cc3)sc2n1.COC.COC=O. The van der Waals surface area contributed by atoms with E-state index < -0.39 is 6.04 Å². The van der Waals surface area contributed by atoms with Crippen molar-refractivity contribution in [3.05, 3.63) is 36.7 Å². The van der Waals surface area contributed by atoms with Crippen molar-refractivity contribution in [2.45, 2.75) is 71.9 Å². The lowest BCUT2D eigenvalue weighted by atomic mass is 10.0. The normalized spacial score (nSPS) is 14.4. The van der Waals surface area contributed by atoms with Crippen LogP contribution in [0.4, 0.5) is 11.5 Å². The number of carbonyl (C=O) groups is 6. The van der Waals surface area contributed by atoms with Gasteiger partial charge in [-0.1, -0.05) is 57.6 Å². The van der Waals surface area contributed by atoms with Gasteiger partial charge >= 0.3 is 0 Å². The number of imidazole rings is 1. The zero-order chi connectivity index (χ0) is 41.8. The molecule has 3 aromatic rings. The lowest BCUT2D eigenvalue weighted by molar-refractivity contribution is -0.136. The second-order valence-electron chi connectivity index (χ2n) is 12.5. The van der Waals surface area contributed by atoms with Gasteiger partial charge in [0.05, 0.1) is 30.8 Å². The Hall–Kier alpha value is -4.87. The van der Waals surface area contributed by atoms with E-state index in [0.29, 0.717) is 37.5 Å². The van der Waals surface area contributed by atoms with E-state index in [1.165, 1.54) is 31.3 Å². The van der Waals surface area contributed by atoms with Crippen LogP contribution < -0.4 is 21.3 Å². The first kappa shape index (κ1) is 50.1. The third-order valence-corrected chi connectivity index (χ3v) is 8.86. The number of methoxy groups -OCH3 is 2. The van der Waals surface area contributed by atoms with E-state index in [-0.39, 0.29) is 30.3 Å². The number of hydrogen-bond acceptors (Lipinski definition) is 12. The third kappa shape index (κ3) is 17.4. The lowest BCUT2D eigenvalue weighted by Gasteiger charge is -2.25. The summed E-state index contributed by atoms with van der Waals surface area (Å²) < 4.78 is 10.1. The fourth-order valence-corrected chi connectivity index (χ4v) is 6.41. The molecule has 55 heavy (non-hydrogen) atoms.